The molecule has 0 N–H and O–H groups in total. The smallest absolute Gasteiger partial charge is 0.0792 e. The number of benzene rings is 1. The van der Waals surface area contributed by atoms with Crippen LogP contribution in [0, 0.1) is 0 Å². The normalized spacial score (nSPS) is 10.1. The van der Waals surface area contributed by atoms with Gasteiger partial charge < -0.3 is 4.90 Å². The Kier molecular flexibility index (Phi) is 6.09. The molecular formula is C14H21NS. The predicted octanol–water partition coefficient (Wildman–Crippen LogP) is 4.42. The molecule has 0 aromatic heterocycles. The second kappa shape index (κ2) is 7.39. The zero-order valence-electron chi connectivity index (χ0n) is 10.3. The zero-order chi connectivity index (χ0) is 11.8. The summed E-state index contributed by atoms with van der Waals surface area (Å²) in [5.41, 5.74) is 1.21. The number of hydrogen-bond donors (Lipinski definition) is 0. The first-order chi connectivity index (χ1) is 7.75. The summed E-state index contributed by atoms with van der Waals surface area (Å²) in [5, 5.41) is 0. The maximum absolute atomic E-state index is 5.30. The molecule has 0 radical (unpaired) electrons. The maximum atomic E-state index is 5.30. The van der Waals surface area contributed by atoms with Crippen LogP contribution in [0.5, 0.6) is 0 Å². The van der Waals surface area contributed by atoms with Crippen molar-refractivity contribution in [1.29, 1.82) is 0 Å². The fourth-order valence-electron chi connectivity index (χ4n) is 1.77. The largest absolute Gasteiger partial charge is 0.336 e. The molecule has 0 aliphatic heterocycles. The van der Waals surface area contributed by atoms with Crippen LogP contribution in [0.15, 0.2) is 30.3 Å². The minimum absolute atomic E-state index is 0.961. The van der Waals surface area contributed by atoms with E-state index in [1.165, 1.54) is 31.4 Å². The van der Waals surface area contributed by atoms with E-state index in [0.29, 0.717) is 0 Å². The van der Waals surface area contributed by atoms with Crippen LogP contribution < -0.4 is 4.90 Å². The summed E-state index contributed by atoms with van der Waals surface area (Å²) in [6.07, 6.45) is 5.11. The van der Waals surface area contributed by atoms with Crippen LogP contribution in [0.1, 0.15) is 39.5 Å². The number of para-hydroxylation sites is 1. The number of rotatable bonds is 6. The molecule has 0 saturated carbocycles. The molecule has 0 fully saturated rings. The van der Waals surface area contributed by atoms with Gasteiger partial charge in [0, 0.05) is 12.2 Å². The molecule has 2 heteroatoms. The highest BCUT2D eigenvalue weighted by molar-refractivity contribution is 7.80. The number of nitrogens with zero attached hydrogens (tertiary/aromatic N) is 1. The van der Waals surface area contributed by atoms with Gasteiger partial charge in [-0.1, -0.05) is 56.6 Å². The van der Waals surface area contributed by atoms with Crippen molar-refractivity contribution in [3.05, 3.63) is 30.3 Å². The summed E-state index contributed by atoms with van der Waals surface area (Å²) < 4.78 is 0. The van der Waals surface area contributed by atoms with E-state index in [-0.39, 0.29) is 0 Å². The van der Waals surface area contributed by atoms with Crippen LogP contribution >= 0.6 is 12.2 Å². The summed E-state index contributed by atoms with van der Waals surface area (Å²) in [5.74, 6) is 0. The number of unbranched alkanes of at least 4 members (excludes halogenated alkanes) is 3. The van der Waals surface area contributed by atoms with Gasteiger partial charge in [-0.2, -0.15) is 0 Å². The van der Waals surface area contributed by atoms with Crippen LogP contribution in [0.4, 0.5) is 5.69 Å². The first-order valence-corrected chi connectivity index (χ1v) is 6.49. The molecule has 0 atom stereocenters. The van der Waals surface area contributed by atoms with E-state index < -0.39 is 0 Å². The third kappa shape index (κ3) is 4.31. The van der Waals surface area contributed by atoms with Gasteiger partial charge in [0.15, 0.2) is 0 Å². The molecule has 16 heavy (non-hydrogen) atoms. The monoisotopic (exact) mass is 235 g/mol. The Morgan fingerprint density at radius 2 is 1.81 bits per heavy atom. The summed E-state index contributed by atoms with van der Waals surface area (Å²) in [6.45, 7) is 5.28. The molecule has 0 aliphatic carbocycles. The van der Waals surface area contributed by atoms with Crippen molar-refractivity contribution < 1.29 is 0 Å². The third-order valence-corrected chi connectivity index (χ3v) is 2.90. The molecule has 0 saturated heterocycles. The van der Waals surface area contributed by atoms with E-state index in [0.717, 1.165) is 11.5 Å². The minimum atomic E-state index is 0.961. The first kappa shape index (κ1) is 13.2. The molecule has 1 nitrogen and oxygen atoms in total. The Morgan fingerprint density at radius 1 is 1.12 bits per heavy atom. The molecule has 1 aromatic carbocycles. The standard InChI is InChI=1S/C14H21NS/c1-3-4-5-9-12-15(13(2)16)14-10-7-6-8-11-14/h6-8,10-11H,3-5,9,12H2,1-2H3. The highest BCUT2D eigenvalue weighted by Crippen LogP contribution is 2.15. The Labute approximate surface area is 104 Å². The van der Waals surface area contributed by atoms with Gasteiger partial charge in [0.2, 0.25) is 0 Å². The molecule has 0 bridgehead atoms. The van der Waals surface area contributed by atoms with E-state index in [1.54, 1.807) is 0 Å². The van der Waals surface area contributed by atoms with Gasteiger partial charge >= 0.3 is 0 Å². The topological polar surface area (TPSA) is 3.24 Å². The fourth-order valence-corrected chi connectivity index (χ4v) is 1.97. The van der Waals surface area contributed by atoms with E-state index in [2.05, 4.69) is 36.1 Å². The van der Waals surface area contributed by atoms with Crippen LogP contribution in [-0.4, -0.2) is 11.5 Å². The van der Waals surface area contributed by atoms with E-state index in [4.69, 9.17) is 12.2 Å². The lowest BCUT2D eigenvalue weighted by Gasteiger charge is -2.23. The van der Waals surface area contributed by atoms with Gasteiger partial charge in [-0.15, -0.1) is 0 Å². The van der Waals surface area contributed by atoms with Crippen molar-refractivity contribution >= 4 is 22.9 Å². The lowest BCUT2D eigenvalue weighted by molar-refractivity contribution is 0.672. The van der Waals surface area contributed by atoms with E-state index in [9.17, 15) is 0 Å². The van der Waals surface area contributed by atoms with Gasteiger partial charge in [-0.3, -0.25) is 0 Å². The number of hydrogen-bond acceptors (Lipinski definition) is 1. The van der Waals surface area contributed by atoms with Crippen molar-refractivity contribution in [2.75, 3.05) is 11.4 Å². The Hall–Kier alpha value is -0.890. The molecule has 0 aliphatic rings. The SMILES string of the molecule is CCCCCCN(C(C)=S)c1ccccc1. The van der Waals surface area contributed by atoms with Crippen molar-refractivity contribution in [2.45, 2.75) is 39.5 Å². The number of thiocarbonyl (C=S) groups is 1. The lowest BCUT2D eigenvalue weighted by atomic mass is 10.2. The van der Waals surface area contributed by atoms with Crippen LogP contribution in [-0.2, 0) is 0 Å². The second-order valence-corrected chi connectivity index (χ2v) is 4.66. The second-order valence-electron chi connectivity index (χ2n) is 4.07. The zero-order valence-corrected chi connectivity index (χ0v) is 11.1. The van der Waals surface area contributed by atoms with Crippen molar-refractivity contribution in [3.8, 4) is 0 Å². The average molecular weight is 235 g/mol. The fraction of sp³-hybridized carbons (Fsp3) is 0.500. The van der Waals surface area contributed by atoms with E-state index >= 15 is 0 Å². The molecule has 0 heterocycles. The van der Waals surface area contributed by atoms with Crippen molar-refractivity contribution in [2.24, 2.45) is 0 Å². The quantitative estimate of drug-likeness (QED) is 0.530. The molecular weight excluding hydrogens is 214 g/mol. The Bertz CT molecular complexity index is 308. The van der Waals surface area contributed by atoms with Crippen LogP contribution in [0.25, 0.3) is 0 Å². The van der Waals surface area contributed by atoms with Crippen molar-refractivity contribution in [1.82, 2.24) is 0 Å². The maximum Gasteiger partial charge on any atom is 0.0792 e. The number of anilines is 1. The molecule has 0 spiro atoms. The van der Waals surface area contributed by atoms with E-state index in [1.807, 2.05) is 13.0 Å². The van der Waals surface area contributed by atoms with Gasteiger partial charge in [-0.05, 0) is 25.5 Å². The summed E-state index contributed by atoms with van der Waals surface area (Å²) in [7, 11) is 0. The Balaban J connectivity index is 2.52. The summed E-state index contributed by atoms with van der Waals surface area (Å²) in [4.78, 5) is 3.19. The van der Waals surface area contributed by atoms with Gasteiger partial charge in [-0.25, -0.2) is 0 Å². The average Bonchev–Trinajstić information content (AvgIpc) is 2.30. The van der Waals surface area contributed by atoms with Gasteiger partial charge in [0.1, 0.15) is 0 Å². The molecule has 88 valence electrons. The highest BCUT2D eigenvalue weighted by atomic mass is 32.1. The summed E-state index contributed by atoms with van der Waals surface area (Å²) in [6, 6.07) is 10.4. The Morgan fingerprint density at radius 3 is 2.38 bits per heavy atom. The molecule has 1 rings (SSSR count). The third-order valence-electron chi connectivity index (χ3n) is 2.68. The molecule has 0 amide bonds. The minimum Gasteiger partial charge on any atom is -0.336 e. The van der Waals surface area contributed by atoms with Crippen LogP contribution in [0.2, 0.25) is 0 Å². The van der Waals surface area contributed by atoms with Crippen LogP contribution in [0.3, 0.4) is 0 Å². The first-order valence-electron chi connectivity index (χ1n) is 6.09. The van der Waals surface area contributed by atoms with Gasteiger partial charge in [0.05, 0.1) is 4.99 Å². The van der Waals surface area contributed by atoms with Crippen molar-refractivity contribution in [3.63, 3.8) is 0 Å². The van der Waals surface area contributed by atoms with Gasteiger partial charge in [0.25, 0.3) is 0 Å². The molecule has 0 unspecified atom stereocenters. The lowest BCUT2D eigenvalue weighted by Crippen LogP contribution is -2.28. The molecule has 1 aromatic rings. The predicted molar refractivity (Wildman–Crippen MR) is 76.2 cm³/mol. The summed E-state index contributed by atoms with van der Waals surface area (Å²) >= 11 is 5.30. The highest BCUT2D eigenvalue weighted by Gasteiger charge is 2.06.